The Balaban J connectivity index is 2.48. The maximum atomic E-state index is 3.55. The van der Waals surface area contributed by atoms with Crippen LogP contribution in [0, 0.1) is 5.92 Å². The smallest absolute Gasteiger partial charge is 0.0181 e. The van der Waals surface area contributed by atoms with Gasteiger partial charge in [-0.25, -0.2) is 0 Å². The van der Waals surface area contributed by atoms with E-state index in [0.717, 1.165) is 5.92 Å². The molecule has 1 rings (SSSR count). The highest BCUT2D eigenvalue weighted by molar-refractivity contribution is 4.90. The summed E-state index contributed by atoms with van der Waals surface area (Å²) in [4.78, 5) is 0. The van der Waals surface area contributed by atoms with Crippen molar-refractivity contribution in [1.82, 2.24) is 5.32 Å². The first-order valence-electron chi connectivity index (χ1n) is 5.37. The van der Waals surface area contributed by atoms with Crippen LogP contribution in [0.1, 0.15) is 52.4 Å². The molecule has 12 heavy (non-hydrogen) atoms. The molecule has 0 radical (unpaired) electrons. The van der Waals surface area contributed by atoms with Crippen molar-refractivity contribution in [2.75, 3.05) is 7.05 Å². The molecule has 1 aliphatic rings. The van der Waals surface area contributed by atoms with E-state index < -0.39 is 0 Å². The van der Waals surface area contributed by atoms with Crippen LogP contribution in [-0.2, 0) is 0 Å². The normalized spacial score (nSPS) is 23.0. The Labute approximate surface area is 76.9 Å². The van der Waals surface area contributed by atoms with E-state index in [2.05, 4.69) is 26.2 Å². The van der Waals surface area contributed by atoms with E-state index in [0.29, 0.717) is 5.54 Å². The average Bonchev–Trinajstić information content (AvgIpc) is 2.05. The maximum absolute atomic E-state index is 3.55. The second-order valence-electron chi connectivity index (χ2n) is 4.69. The second kappa shape index (κ2) is 4.27. The molecule has 1 aliphatic carbocycles. The summed E-state index contributed by atoms with van der Waals surface area (Å²) in [6.07, 6.45) is 8.43. The van der Waals surface area contributed by atoms with Gasteiger partial charge < -0.3 is 5.32 Å². The predicted octanol–water partition coefficient (Wildman–Crippen LogP) is 2.95. The third kappa shape index (κ3) is 2.48. The number of nitrogens with one attached hydrogen (secondary N) is 1. The van der Waals surface area contributed by atoms with Crippen molar-refractivity contribution in [1.29, 1.82) is 0 Å². The molecule has 0 aromatic heterocycles. The van der Waals surface area contributed by atoms with Crippen LogP contribution in [0.3, 0.4) is 0 Å². The highest BCUT2D eigenvalue weighted by atomic mass is 14.9. The minimum atomic E-state index is 0.492. The van der Waals surface area contributed by atoms with Crippen molar-refractivity contribution < 1.29 is 0 Å². The van der Waals surface area contributed by atoms with E-state index in [1.165, 1.54) is 38.5 Å². The fraction of sp³-hybridized carbons (Fsp3) is 1.00. The van der Waals surface area contributed by atoms with Gasteiger partial charge in [-0.2, -0.15) is 0 Å². The quantitative estimate of drug-likeness (QED) is 0.685. The van der Waals surface area contributed by atoms with Crippen LogP contribution in [0.25, 0.3) is 0 Å². The van der Waals surface area contributed by atoms with Gasteiger partial charge in [0.25, 0.3) is 0 Å². The zero-order valence-electron chi connectivity index (χ0n) is 8.82. The molecule has 1 fully saturated rings. The zero-order valence-corrected chi connectivity index (χ0v) is 8.82. The van der Waals surface area contributed by atoms with E-state index in [9.17, 15) is 0 Å². The summed E-state index contributed by atoms with van der Waals surface area (Å²) < 4.78 is 0. The van der Waals surface area contributed by atoms with Crippen molar-refractivity contribution in [3.63, 3.8) is 0 Å². The summed E-state index contributed by atoms with van der Waals surface area (Å²) >= 11 is 0. The first kappa shape index (κ1) is 10.0. The Hall–Kier alpha value is -0.0400. The van der Waals surface area contributed by atoms with Gasteiger partial charge in [0, 0.05) is 5.54 Å². The minimum Gasteiger partial charge on any atom is -0.314 e. The number of hydrogen-bond donors (Lipinski definition) is 1. The van der Waals surface area contributed by atoms with Gasteiger partial charge in [0.15, 0.2) is 0 Å². The molecular weight excluding hydrogens is 146 g/mol. The van der Waals surface area contributed by atoms with E-state index >= 15 is 0 Å². The largest absolute Gasteiger partial charge is 0.314 e. The molecule has 0 bridgehead atoms. The standard InChI is InChI=1S/C11H23N/c1-10(2)9-11(12-3)7-5-4-6-8-11/h10,12H,4-9H2,1-3H3. The molecule has 0 atom stereocenters. The fourth-order valence-corrected chi connectivity index (χ4v) is 2.57. The number of rotatable bonds is 3. The molecule has 1 saturated carbocycles. The highest BCUT2D eigenvalue weighted by Gasteiger charge is 2.30. The molecular formula is C11H23N. The lowest BCUT2D eigenvalue weighted by atomic mass is 9.76. The summed E-state index contributed by atoms with van der Waals surface area (Å²) in [5.41, 5.74) is 0.492. The van der Waals surface area contributed by atoms with Crippen molar-refractivity contribution in [2.24, 2.45) is 5.92 Å². The fourth-order valence-electron chi connectivity index (χ4n) is 2.57. The minimum absolute atomic E-state index is 0.492. The van der Waals surface area contributed by atoms with E-state index in [-0.39, 0.29) is 0 Å². The van der Waals surface area contributed by atoms with E-state index in [1.54, 1.807) is 0 Å². The summed E-state index contributed by atoms with van der Waals surface area (Å²) in [5, 5.41) is 3.55. The topological polar surface area (TPSA) is 12.0 Å². The van der Waals surface area contributed by atoms with Gasteiger partial charge in [0.1, 0.15) is 0 Å². The van der Waals surface area contributed by atoms with Crippen LogP contribution in [0.4, 0.5) is 0 Å². The Morgan fingerprint density at radius 2 is 1.75 bits per heavy atom. The monoisotopic (exact) mass is 169 g/mol. The summed E-state index contributed by atoms with van der Waals surface area (Å²) in [7, 11) is 2.13. The Bertz CT molecular complexity index is 123. The lowest BCUT2D eigenvalue weighted by Crippen LogP contribution is -2.45. The molecule has 0 saturated heterocycles. The van der Waals surface area contributed by atoms with Crippen molar-refractivity contribution >= 4 is 0 Å². The molecule has 1 heteroatoms. The third-order valence-electron chi connectivity index (χ3n) is 3.14. The SMILES string of the molecule is CNC1(CC(C)C)CCCCC1. The lowest BCUT2D eigenvalue weighted by molar-refractivity contribution is 0.206. The van der Waals surface area contributed by atoms with Gasteiger partial charge in [-0.05, 0) is 32.2 Å². The maximum Gasteiger partial charge on any atom is 0.0181 e. The van der Waals surface area contributed by atoms with Gasteiger partial charge in [0.05, 0.1) is 0 Å². The Kier molecular flexibility index (Phi) is 3.57. The van der Waals surface area contributed by atoms with E-state index in [4.69, 9.17) is 0 Å². The molecule has 0 aromatic rings. The molecule has 0 aliphatic heterocycles. The lowest BCUT2D eigenvalue weighted by Gasteiger charge is -2.38. The van der Waals surface area contributed by atoms with Crippen LogP contribution >= 0.6 is 0 Å². The van der Waals surface area contributed by atoms with Crippen molar-refractivity contribution in [3.05, 3.63) is 0 Å². The average molecular weight is 169 g/mol. The molecule has 0 unspecified atom stereocenters. The summed E-state index contributed by atoms with van der Waals surface area (Å²) in [5.74, 6) is 0.829. The first-order valence-corrected chi connectivity index (χ1v) is 5.37. The predicted molar refractivity (Wildman–Crippen MR) is 54.3 cm³/mol. The van der Waals surface area contributed by atoms with Crippen LogP contribution < -0.4 is 5.32 Å². The van der Waals surface area contributed by atoms with Gasteiger partial charge in [-0.3, -0.25) is 0 Å². The van der Waals surface area contributed by atoms with Gasteiger partial charge in [-0.1, -0.05) is 33.1 Å². The summed E-state index contributed by atoms with van der Waals surface area (Å²) in [6, 6.07) is 0. The number of hydrogen-bond acceptors (Lipinski definition) is 1. The van der Waals surface area contributed by atoms with Crippen LogP contribution in [0.5, 0.6) is 0 Å². The molecule has 0 spiro atoms. The Morgan fingerprint density at radius 3 is 2.17 bits per heavy atom. The van der Waals surface area contributed by atoms with Crippen LogP contribution in [-0.4, -0.2) is 12.6 Å². The molecule has 0 aromatic carbocycles. The molecule has 0 amide bonds. The molecule has 1 nitrogen and oxygen atoms in total. The van der Waals surface area contributed by atoms with Gasteiger partial charge in [0.2, 0.25) is 0 Å². The zero-order chi connectivity index (χ0) is 9.03. The molecule has 0 heterocycles. The summed E-state index contributed by atoms with van der Waals surface area (Å²) in [6.45, 7) is 4.65. The second-order valence-corrected chi connectivity index (χ2v) is 4.69. The van der Waals surface area contributed by atoms with Crippen molar-refractivity contribution in [2.45, 2.75) is 57.9 Å². The first-order chi connectivity index (χ1) is 5.68. The molecule has 72 valence electrons. The van der Waals surface area contributed by atoms with Gasteiger partial charge in [-0.15, -0.1) is 0 Å². The van der Waals surface area contributed by atoms with E-state index in [1.807, 2.05) is 0 Å². The van der Waals surface area contributed by atoms with Crippen molar-refractivity contribution in [3.8, 4) is 0 Å². The van der Waals surface area contributed by atoms with Crippen LogP contribution in [0.2, 0.25) is 0 Å². The van der Waals surface area contributed by atoms with Crippen LogP contribution in [0.15, 0.2) is 0 Å². The Morgan fingerprint density at radius 1 is 1.17 bits per heavy atom. The van der Waals surface area contributed by atoms with Gasteiger partial charge >= 0.3 is 0 Å². The molecule has 1 N–H and O–H groups in total. The highest BCUT2D eigenvalue weighted by Crippen LogP contribution is 2.32. The third-order valence-corrected chi connectivity index (χ3v) is 3.14.